The third kappa shape index (κ3) is 5.04. The van der Waals surface area contributed by atoms with Gasteiger partial charge in [0.1, 0.15) is 5.75 Å². The second kappa shape index (κ2) is 7.59. The van der Waals surface area contributed by atoms with Crippen molar-refractivity contribution in [3.05, 3.63) is 52.2 Å². The number of thiophene rings is 1. The average molecular weight is 303 g/mol. The third-order valence-corrected chi connectivity index (χ3v) is 3.84. The van der Waals surface area contributed by atoms with Crippen LogP contribution in [0.25, 0.3) is 0 Å². The fourth-order valence-corrected chi connectivity index (χ4v) is 2.47. The molecule has 5 heteroatoms. The summed E-state index contributed by atoms with van der Waals surface area (Å²) in [6.07, 6.45) is 0.830. The Morgan fingerprint density at radius 1 is 1.19 bits per heavy atom. The molecule has 0 unspecified atom stereocenters. The summed E-state index contributed by atoms with van der Waals surface area (Å²) in [6, 6.07) is 10.8. The minimum Gasteiger partial charge on any atom is -0.484 e. The molecule has 0 aliphatic heterocycles. The Kier molecular flexibility index (Phi) is 5.51. The van der Waals surface area contributed by atoms with E-state index >= 15 is 0 Å². The van der Waals surface area contributed by atoms with Gasteiger partial charge in [-0.05, 0) is 49.1 Å². The molecule has 2 aromatic rings. The van der Waals surface area contributed by atoms with Crippen LogP contribution in [0.1, 0.15) is 22.2 Å². The molecule has 1 aromatic carbocycles. The quantitative estimate of drug-likeness (QED) is 0.800. The molecule has 1 amide bonds. The van der Waals surface area contributed by atoms with Gasteiger partial charge < -0.3 is 10.1 Å². The monoisotopic (exact) mass is 303 g/mol. The number of hydrogen-bond donors (Lipinski definition) is 1. The van der Waals surface area contributed by atoms with Gasteiger partial charge in [-0.1, -0.05) is 6.07 Å². The van der Waals surface area contributed by atoms with Crippen LogP contribution < -0.4 is 10.1 Å². The molecule has 0 fully saturated rings. The summed E-state index contributed by atoms with van der Waals surface area (Å²) in [6.45, 7) is 2.09. The number of ether oxygens (including phenoxy) is 1. The Morgan fingerprint density at radius 3 is 2.57 bits per heavy atom. The number of hydrogen-bond acceptors (Lipinski definition) is 4. The number of ketones is 1. The van der Waals surface area contributed by atoms with Crippen LogP contribution in [-0.2, 0) is 11.2 Å². The van der Waals surface area contributed by atoms with E-state index in [0.29, 0.717) is 17.9 Å². The zero-order chi connectivity index (χ0) is 15.1. The van der Waals surface area contributed by atoms with Gasteiger partial charge in [0.2, 0.25) is 0 Å². The highest BCUT2D eigenvalue weighted by molar-refractivity contribution is 7.09. The summed E-state index contributed by atoms with van der Waals surface area (Å²) in [5, 5.41) is 4.83. The lowest BCUT2D eigenvalue weighted by Gasteiger charge is -2.07. The fraction of sp³-hybridized carbons (Fsp3) is 0.250. The first-order valence-electron chi connectivity index (χ1n) is 6.68. The summed E-state index contributed by atoms with van der Waals surface area (Å²) in [5.74, 6) is 0.434. The topological polar surface area (TPSA) is 55.4 Å². The molecule has 21 heavy (non-hydrogen) atoms. The van der Waals surface area contributed by atoms with Gasteiger partial charge in [0.15, 0.2) is 12.4 Å². The number of benzene rings is 1. The highest BCUT2D eigenvalue weighted by Gasteiger charge is 2.04. The van der Waals surface area contributed by atoms with Gasteiger partial charge in [-0.3, -0.25) is 9.59 Å². The number of Topliss-reactive ketones (excluding diaryl/α,β-unsaturated/α-hetero) is 1. The number of rotatable bonds is 7. The molecule has 0 bridgehead atoms. The molecular weight excluding hydrogens is 286 g/mol. The second-order valence-electron chi connectivity index (χ2n) is 4.55. The van der Waals surface area contributed by atoms with Crippen LogP contribution in [0.2, 0.25) is 0 Å². The van der Waals surface area contributed by atoms with Gasteiger partial charge in [0.05, 0.1) is 0 Å². The number of amides is 1. The minimum absolute atomic E-state index is 0.00729. The Bertz CT molecular complexity index is 590. The summed E-state index contributed by atoms with van der Waals surface area (Å²) < 4.78 is 5.37. The van der Waals surface area contributed by atoms with Crippen LogP contribution in [0.5, 0.6) is 5.75 Å². The van der Waals surface area contributed by atoms with Crippen molar-refractivity contribution in [2.24, 2.45) is 0 Å². The van der Waals surface area contributed by atoms with Gasteiger partial charge in [0.25, 0.3) is 5.91 Å². The van der Waals surface area contributed by atoms with Crippen molar-refractivity contribution in [2.45, 2.75) is 13.3 Å². The molecule has 2 rings (SSSR count). The zero-order valence-electron chi connectivity index (χ0n) is 11.8. The zero-order valence-corrected chi connectivity index (χ0v) is 12.6. The molecule has 110 valence electrons. The van der Waals surface area contributed by atoms with Crippen molar-refractivity contribution in [3.63, 3.8) is 0 Å². The summed E-state index contributed by atoms with van der Waals surface area (Å²) in [7, 11) is 0. The van der Waals surface area contributed by atoms with E-state index in [1.165, 1.54) is 11.8 Å². The van der Waals surface area contributed by atoms with E-state index in [9.17, 15) is 9.59 Å². The summed E-state index contributed by atoms with van der Waals surface area (Å²) in [4.78, 5) is 24.0. The Hall–Kier alpha value is -2.14. The van der Waals surface area contributed by atoms with Gasteiger partial charge in [-0.15, -0.1) is 11.3 Å². The van der Waals surface area contributed by atoms with E-state index in [4.69, 9.17) is 4.74 Å². The lowest BCUT2D eigenvalue weighted by molar-refractivity contribution is -0.123. The highest BCUT2D eigenvalue weighted by atomic mass is 32.1. The van der Waals surface area contributed by atoms with Crippen LogP contribution in [0.15, 0.2) is 41.8 Å². The maximum atomic E-state index is 11.6. The smallest absolute Gasteiger partial charge is 0.257 e. The fourth-order valence-electron chi connectivity index (χ4n) is 1.77. The van der Waals surface area contributed by atoms with Crippen LogP contribution in [0.3, 0.4) is 0 Å². The van der Waals surface area contributed by atoms with Crippen LogP contribution in [-0.4, -0.2) is 24.8 Å². The molecular formula is C16H17NO3S. The number of carbonyl (C=O) groups is 2. The SMILES string of the molecule is CC(=O)c1ccc(OCC(=O)NCCc2cccs2)cc1. The first kappa shape index (κ1) is 15.3. The molecule has 0 saturated heterocycles. The van der Waals surface area contributed by atoms with Crippen molar-refractivity contribution in [3.8, 4) is 5.75 Å². The maximum Gasteiger partial charge on any atom is 0.257 e. The van der Waals surface area contributed by atoms with E-state index in [1.54, 1.807) is 35.6 Å². The van der Waals surface area contributed by atoms with E-state index < -0.39 is 0 Å². The third-order valence-electron chi connectivity index (χ3n) is 2.90. The second-order valence-corrected chi connectivity index (χ2v) is 5.58. The predicted molar refractivity (Wildman–Crippen MR) is 83.0 cm³/mol. The van der Waals surface area contributed by atoms with Gasteiger partial charge >= 0.3 is 0 Å². The van der Waals surface area contributed by atoms with Crippen LogP contribution in [0, 0.1) is 0 Å². The molecule has 0 saturated carbocycles. The van der Waals surface area contributed by atoms with E-state index in [1.807, 2.05) is 17.5 Å². The van der Waals surface area contributed by atoms with E-state index in [0.717, 1.165) is 6.42 Å². The molecule has 0 radical (unpaired) electrons. The average Bonchev–Trinajstić information content (AvgIpc) is 2.99. The first-order chi connectivity index (χ1) is 10.1. The Balaban J connectivity index is 1.69. The lowest BCUT2D eigenvalue weighted by atomic mass is 10.1. The standard InChI is InChI=1S/C16H17NO3S/c1-12(18)13-4-6-14(7-5-13)20-11-16(19)17-9-8-15-3-2-10-21-15/h2-7,10H,8-9,11H2,1H3,(H,17,19). The van der Waals surface area contributed by atoms with Crippen molar-refractivity contribution in [1.29, 1.82) is 0 Å². The van der Waals surface area contributed by atoms with Crippen molar-refractivity contribution in [2.75, 3.05) is 13.2 Å². The van der Waals surface area contributed by atoms with Crippen molar-refractivity contribution >= 4 is 23.0 Å². The van der Waals surface area contributed by atoms with Crippen LogP contribution in [0.4, 0.5) is 0 Å². The van der Waals surface area contributed by atoms with Gasteiger partial charge in [0, 0.05) is 17.0 Å². The van der Waals surface area contributed by atoms with Crippen LogP contribution >= 0.6 is 11.3 Å². The summed E-state index contributed by atoms with van der Waals surface area (Å²) >= 11 is 1.68. The molecule has 0 aliphatic carbocycles. The molecule has 1 aromatic heterocycles. The molecule has 1 N–H and O–H groups in total. The molecule has 0 aliphatic rings. The molecule has 0 atom stereocenters. The first-order valence-corrected chi connectivity index (χ1v) is 7.56. The van der Waals surface area contributed by atoms with E-state index in [-0.39, 0.29) is 18.3 Å². The van der Waals surface area contributed by atoms with Gasteiger partial charge in [-0.25, -0.2) is 0 Å². The maximum absolute atomic E-state index is 11.6. The normalized spacial score (nSPS) is 10.1. The largest absolute Gasteiger partial charge is 0.484 e. The Morgan fingerprint density at radius 2 is 1.95 bits per heavy atom. The predicted octanol–water partition coefficient (Wildman–Crippen LogP) is 2.69. The Labute approximate surface area is 127 Å². The van der Waals surface area contributed by atoms with Gasteiger partial charge in [-0.2, -0.15) is 0 Å². The molecule has 0 spiro atoms. The van der Waals surface area contributed by atoms with E-state index in [2.05, 4.69) is 5.32 Å². The minimum atomic E-state index is -0.151. The number of nitrogens with one attached hydrogen (secondary N) is 1. The summed E-state index contributed by atoms with van der Waals surface area (Å²) in [5.41, 5.74) is 0.628. The van der Waals surface area contributed by atoms with Crippen molar-refractivity contribution in [1.82, 2.24) is 5.32 Å². The number of carbonyl (C=O) groups excluding carboxylic acids is 2. The lowest BCUT2D eigenvalue weighted by Crippen LogP contribution is -2.30. The molecule has 4 nitrogen and oxygen atoms in total. The molecule has 1 heterocycles. The van der Waals surface area contributed by atoms with Crippen molar-refractivity contribution < 1.29 is 14.3 Å². The highest BCUT2D eigenvalue weighted by Crippen LogP contribution is 2.12.